The molecule has 5 nitrogen and oxygen atoms in total. The lowest BCUT2D eigenvalue weighted by Gasteiger charge is -2.25. The number of aromatic nitrogens is 2. The summed E-state index contributed by atoms with van der Waals surface area (Å²) in [7, 11) is 0. The van der Waals surface area contributed by atoms with E-state index in [1.807, 2.05) is 13.8 Å². The summed E-state index contributed by atoms with van der Waals surface area (Å²) in [5, 5.41) is 7.49. The summed E-state index contributed by atoms with van der Waals surface area (Å²) in [6.45, 7) is 4.94. The number of anilines is 1. The molecule has 0 bridgehead atoms. The van der Waals surface area contributed by atoms with Crippen LogP contribution in [0, 0.1) is 5.92 Å². The molecule has 3 N–H and O–H groups in total. The highest BCUT2D eigenvalue weighted by atomic mass is 35.5. The molecule has 0 spiro atoms. The first-order valence-corrected chi connectivity index (χ1v) is 7.03. The highest BCUT2D eigenvalue weighted by molar-refractivity contribution is 6.32. The molecule has 106 valence electrons. The lowest BCUT2D eigenvalue weighted by Crippen LogP contribution is -2.41. The lowest BCUT2D eigenvalue weighted by atomic mass is 9.85. The van der Waals surface area contributed by atoms with E-state index in [2.05, 4.69) is 10.4 Å². The third kappa shape index (κ3) is 3.70. The third-order valence-electron chi connectivity index (χ3n) is 3.37. The van der Waals surface area contributed by atoms with Gasteiger partial charge in [-0.3, -0.25) is 4.79 Å². The normalized spacial score (nSPS) is 16.2. The van der Waals surface area contributed by atoms with E-state index in [1.54, 1.807) is 0 Å². The quantitative estimate of drug-likeness (QED) is 0.865. The Labute approximate surface area is 118 Å². The fraction of sp³-hybridized carbons (Fsp3) is 0.692. The Balaban J connectivity index is 2.16. The predicted octanol–water partition coefficient (Wildman–Crippen LogP) is 1.85. The molecule has 0 aliphatic heterocycles. The minimum absolute atomic E-state index is 0.163. The summed E-state index contributed by atoms with van der Waals surface area (Å²) in [5.41, 5.74) is 5.73. The molecule has 1 aromatic heterocycles. The summed E-state index contributed by atoms with van der Waals surface area (Å²) in [5.74, 6) is 0.574. The molecule has 2 rings (SSSR count). The fourth-order valence-corrected chi connectivity index (χ4v) is 2.19. The molecule has 0 aromatic carbocycles. The Bertz CT molecular complexity index is 502. The van der Waals surface area contributed by atoms with Gasteiger partial charge in [-0.25, -0.2) is 4.68 Å². The van der Waals surface area contributed by atoms with Crippen LogP contribution in [-0.4, -0.2) is 21.9 Å². The molecule has 6 heteroatoms. The van der Waals surface area contributed by atoms with Crippen molar-refractivity contribution in [1.82, 2.24) is 9.78 Å². The van der Waals surface area contributed by atoms with Crippen molar-refractivity contribution in [1.29, 1.82) is 0 Å². The zero-order valence-corrected chi connectivity index (χ0v) is 12.2. The third-order valence-corrected chi connectivity index (χ3v) is 3.66. The number of hydrogen-bond donors (Lipinski definition) is 2. The van der Waals surface area contributed by atoms with Gasteiger partial charge in [0.05, 0.1) is 11.2 Å². The average Bonchev–Trinajstić information content (AvgIpc) is 2.24. The van der Waals surface area contributed by atoms with E-state index in [-0.39, 0.29) is 5.56 Å². The molecular formula is C13H21ClN4O. The van der Waals surface area contributed by atoms with E-state index in [0.29, 0.717) is 29.7 Å². The molecule has 1 fully saturated rings. The summed E-state index contributed by atoms with van der Waals surface area (Å²) in [6.07, 6.45) is 5.12. The van der Waals surface area contributed by atoms with Gasteiger partial charge >= 0.3 is 0 Å². The fourth-order valence-electron chi connectivity index (χ4n) is 1.99. The van der Waals surface area contributed by atoms with Crippen LogP contribution in [0.5, 0.6) is 0 Å². The van der Waals surface area contributed by atoms with Crippen molar-refractivity contribution in [2.45, 2.75) is 45.2 Å². The molecule has 19 heavy (non-hydrogen) atoms. The summed E-state index contributed by atoms with van der Waals surface area (Å²) >= 11 is 6.04. The Hall–Kier alpha value is -1.07. The van der Waals surface area contributed by atoms with E-state index in [1.165, 1.54) is 30.1 Å². The molecule has 1 aliphatic carbocycles. The van der Waals surface area contributed by atoms with Gasteiger partial charge in [0.1, 0.15) is 5.69 Å². The Kier molecular flexibility index (Phi) is 4.16. The second kappa shape index (κ2) is 5.51. The van der Waals surface area contributed by atoms with Crippen LogP contribution in [0.1, 0.15) is 33.1 Å². The van der Waals surface area contributed by atoms with Crippen LogP contribution < -0.4 is 16.6 Å². The van der Waals surface area contributed by atoms with E-state index >= 15 is 0 Å². The zero-order valence-electron chi connectivity index (χ0n) is 11.4. The topological polar surface area (TPSA) is 72.9 Å². The lowest BCUT2D eigenvalue weighted by molar-refractivity contribution is 0.262. The van der Waals surface area contributed by atoms with E-state index in [0.717, 1.165) is 0 Å². The summed E-state index contributed by atoms with van der Waals surface area (Å²) in [6, 6.07) is 0. The minimum Gasteiger partial charge on any atom is -0.377 e. The molecule has 0 radical (unpaired) electrons. The molecule has 0 atom stereocenters. The van der Waals surface area contributed by atoms with Crippen molar-refractivity contribution >= 4 is 17.3 Å². The van der Waals surface area contributed by atoms with Crippen LogP contribution in [0.2, 0.25) is 5.02 Å². The second-order valence-corrected chi connectivity index (χ2v) is 6.40. The van der Waals surface area contributed by atoms with Crippen molar-refractivity contribution in [2.75, 3.05) is 11.9 Å². The van der Waals surface area contributed by atoms with Gasteiger partial charge in [-0.1, -0.05) is 18.0 Å². The number of halogens is 1. The van der Waals surface area contributed by atoms with Crippen molar-refractivity contribution in [3.8, 4) is 0 Å². The van der Waals surface area contributed by atoms with Gasteiger partial charge in [0.15, 0.2) is 0 Å². The van der Waals surface area contributed by atoms with Crippen LogP contribution >= 0.6 is 11.6 Å². The van der Waals surface area contributed by atoms with Gasteiger partial charge in [0.2, 0.25) is 0 Å². The largest absolute Gasteiger partial charge is 0.377 e. The van der Waals surface area contributed by atoms with Crippen molar-refractivity contribution < 1.29 is 0 Å². The molecule has 1 aliphatic rings. The maximum atomic E-state index is 12.3. The van der Waals surface area contributed by atoms with Crippen LogP contribution in [0.4, 0.5) is 5.69 Å². The number of hydrogen-bond acceptors (Lipinski definition) is 4. The number of nitrogens with zero attached hydrogens (tertiary/aromatic N) is 2. The van der Waals surface area contributed by atoms with Crippen LogP contribution in [0.25, 0.3) is 0 Å². The van der Waals surface area contributed by atoms with Crippen LogP contribution in [0.3, 0.4) is 0 Å². The van der Waals surface area contributed by atoms with Crippen LogP contribution in [-0.2, 0) is 6.54 Å². The number of nitrogens with two attached hydrogens (primary N) is 1. The second-order valence-electron chi connectivity index (χ2n) is 5.99. The predicted molar refractivity (Wildman–Crippen MR) is 77.6 cm³/mol. The summed E-state index contributed by atoms with van der Waals surface area (Å²) in [4.78, 5) is 12.3. The zero-order chi connectivity index (χ0) is 14.0. The molecule has 1 heterocycles. The Morgan fingerprint density at radius 3 is 2.79 bits per heavy atom. The van der Waals surface area contributed by atoms with Gasteiger partial charge in [-0.05, 0) is 32.6 Å². The smallest absolute Gasteiger partial charge is 0.291 e. The SMILES string of the molecule is CC(C)(N)CNc1c(Cl)cnn(CC2CCC2)c1=O. The van der Waals surface area contributed by atoms with Gasteiger partial charge in [0.25, 0.3) is 5.56 Å². The van der Waals surface area contributed by atoms with Crippen LogP contribution in [0.15, 0.2) is 11.0 Å². The van der Waals surface area contributed by atoms with Gasteiger partial charge in [-0.2, -0.15) is 5.10 Å². The monoisotopic (exact) mass is 284 g/mol. The molecule has 0 saturated heterocycles. The van der Waals surface area contributed by atoms with Gasteiger partial charge < -0.3 is 11.1 Å². The molecule has 0 amide bonds. The highest BCUT2D eigenvalue weighted by Gasteiger charge is 2.20. The number of nitrogens with one attached hydrogen (secondary N) is 1. The van der Waals surface area contributed by atoms with Crippen molar-refractivity contribution in [2.24, 2.45) is 11.7 Å². The van der Waals surface area contributed by atoms with E-state index in [9.17, 15) is 4.79 Å². The van der Waals surface area contributed by atoms with Gasteiger partial charge in [-0.15, -0.1) is 0 Å². The standard InChI is InChI=1S/C13H21ClN4O/c1-13(2,15)8-16-11-10(14)6-17-18(12(11)19)7-9-4-3-5-9/h6,9,16H,3-5,7-8,15H2,1-2H3. The number of rotatable bonds is 5. The van der Waals surface area contributed by atoms with E-state index < -0.39 is 5.54 Å². The van der Waals surface area contributed by atoms with Gasteiger partial charge in [0, 0.05) is 18.6 Å². The average molecular weight is 285 g/mol. The van der Waals surface area contributed by atoms with Crippen molar-refractivity contribution in [3.05, 3.63) is 21.6 Å². The van der Waals surface area contributed by atoms with E-state index in [4.69, 9.17) is 17.3 Å². The first-order valence-electron chi connectivity index (χ1n) is 6.65. The Morgan fingerprint density at radius 2 is 2.26 bits per heavy atom. The first kappa shape index (κ1) is 14.3. The molecule has 1 aromatic rings. The minimum atomic E-state index is -0.405. The highest BCUT2D eigenvalue weighted by Crippen LogP contribution is 2.27. The van der Waals surface area contributed by atoms with Crippen molar-refractivity contribution in [3.63, 3.8) is 0 Å². The molecular weight excluding hydrogens is 264 g/mol. The maximum Gasteiger partial charge on any atom is 0.291 e. The first-order chi connectivity index (χ1) is 8.87. The maximum absolute atomic E-state index is 12.3. The summed E-state index contributed by atoms with van der Waals surface area (Å²) < 4.78 is 1.50. The Morgan fingerprint density at radius 1 is 1.58 bits per heavy atom. The molecule has 0 unspecified atom stereocenters. The molecule has 1 saturated carbocycles.